The van der Waals surface area contributed by atoms with Crippen LogP contribution in [0, 0.1) is 5.92 Å². The maximum atomic E-state index is 12.4. The molecule has 2 rings (SSSR count). The second-order valence-corrected chi connectivity index (χ2v) is 6.52. The molecule has 1 aliphatic heterocycles. The van der Waals surface area contributed by atoms with Crippen molar-refractivity contribution in [3.05, 3.63) is 29.3 Å². The van der Waals surface area contributed by atoms with Gasteiger partial charge in [0.15, 0.2) is 0 Å². The average Bonchev–Trinajstić information content (AvgIpc) is 2.34. The van der Waals surface area contributed by atoms with Crippen molar-refractivity contribution in [3.63, 3.8) is 0 Å². The number of benzene rings is 1. The van der Waals surface area contributed by atoms with Gasteiger partial charge in [0.05, 0.1) is 11.3 Å². The zero-order valence-corrected chi connectivity index (χ0v) is 12.8. The van der Waals surface area contributed by atoms with Crippen LogP contribution in [0.1, 0.15) is 43.6 Å². The number of aromatic carboxylic acids is 1. The molecule has 114 valence electrons. The predicted molar refractivity (Wildman–Crippen MR) is 79.8 cm³/mol. The van der Waals surface area contributed by atoms with Crippen LogP contribution in [0.3, 0.4) is 0 Å². The molecule has 1 aliphatic rings. The van der Waals surface area contributed by atoms with Gasteiger partial charge in [-0.15, -0.1) is 0 Å². The second-order valence-electron chi connectivity index (χ2n) is 6.52. The minimum Gasteiger partial charge on any atom is -0.478 e. The molecule has 1 aromatic carbocycles. The van der Waals surface area contributed by atoms with E-state index in [1.807, 2.05) is 13.0 Å². The Morgan fingerprint density at radius 2 is 2.00 bits per heavy atom. The average molecular weight is 291 g/mol. The van der Waals surface area contributed by atoms with Crippen molar-refractivity contribution >= 4 is 17.7 Å². The van der Waals surface area contributed by atoms with Gasteiger partial charge < -0.3 is 9.84 Å². The first-order valence-corrected chi connectivity index (χ1v) is 7.04. The Labute approximate surface area is 124 Å². The van der Waals surface area contributed by atoms with E-state index in [0.29, 0.717) is 12.2 Å². The van der Waals surface area contributed by atoms with Crippen molar-refractivity contribution in [1.82, 2.24) is 0 Å². The molecule has 0 radical (unpaired) electrons. The number of fused-ring (bicyclic) bond motifs is 1. The minimum absolute atomic E-state index is 0.144. The zero-order valence-electron chi connectivity index (χ0n) is 12.8. The molecule has 0 aromatic heterocycles. The third-order valence-corrected chi connectivity index (χ3v) is 3.30. The standard InChI is InChI=1S/C16H21NO4/c1-10-8-11-6-5-7-12(14(18)19)13(11)17(9-10)15(20)21-16(2,3)4/h5-7,10H,8-9H2,1-4H3,(H,18,19). The Morgan fingerprint density at radius 1 is 1.33 bits per heavy atom. The number of hydrogen-bond donors (Lipinski definition) is 1. The summed E-state index contributed by atoms with van der Waals surface area (Å²) in [6.07, 6.45) is 0.263. The maximum absolute atomic E-state index is 12.4. The molecule has 1 unspecified atom stereocenters. The van der Waals surface area contributed by atoms with E-state index in [4.69, 9.17) is 4.74 Å². The Hall–Kier alpha value is -2.04. The molecule has 0 aliphatic carbocycles. The van der Waals surface area contributed by atoms with E-state index in [1.54, 1.807) is 26.8 Å². The maximum Gasteiger partial charge on any atom is 0.414 e. The molecule has 0 saturated heterocycles. The Kier molecular flexibility index (Phi) is 3.94. The first kappa shape index (κ1) is 15.4. The number of carboxylic acid groups (broad SMARTS) is 1. The molecule has 5 heteroatoms. The van der Waals surface area contributed by atoms with Crippen LogP contribution in [0.2, 0.25) is 0 Å². The lowest BCUT2D eigenvalue weighted by Gasteiger charge is -2.35. The molecule has 1 aromatic rings. The summed E-state index contributed by atoms with van der Waals surface area (Å²) < 4.78 is 5.41. The van der Waals surface area contributed by atoms with Crippen molar-refractivity contribution in [3.8, 4) is 0 Å². The van der Waals surface area contributed by atoms with Crippen molar-refractivity contribution in [1.29, 1.82) is 0 Å². The van der Waals surface area contributed by atoms with Crippen LogP contribution in [0.5, 0.6) is 0 Å². The van der Waals surface area contributed by atoms with Gasteiger partial charge in [-0.2, -0.15) is 0 Å². The smallest absolute Gasteiger partial charge is 0.414 e. The highest BCUT2D eigenvalue weighted by molar-refractivity contribution is 6.01. The van der Waals surface area contributed by atoms with Gasteiger partial charge in [-0.25, -0.2) is 9.59 Å². The number of anilines is 1. The number of carbonyl (C=O) groups excluding carboxylic acids is 1. The number of para-hydroxylation sites is 1. The fourth-order valence-electron chi connectivity index (χ4n) is 2.57. The highest BCUT2D eigenvalue weighted by atomic mass is 16.6. The normalized spacial score (nSPS) is 18.1. The molecule has 5 nitrogen and oxygen atoms in total. The van der Waals surface area contributed by atoms with Crippen LogP contribution in [-0.4, -0.2) is 29.3 Å². The molecule has 21 heavy (non-hydrogen) atoms. The van der Waals surface area contributed by atoms with Gasteiger partial charge in [-0.3, -0.25) is 4.90 Å². The topological polar surface area (TPSA) is 66.8 Å². The number of ether oxygens (including phenoxy) is 1. The van der Waals surface area contributed by atoms with Crippen LogP contribution >= 0.6 is 0 Å². The second kappa shape index (κ2) is 5.39. The van der Waals surface area contributed by atoms with E-state index in [1.165, 1.54) is 11.0 Å². The van der Waals surface area contributed by atoms with Gasteiger partial charge in [-0.1, -0.05) is 19.1 Å². The number of hydrogen-bond acceptors (Lipinski definition) is 3. The molecule has 0 bridgehead atoms. The molecule has 0 spiro atoms. The fraction of sp³-hybridized carbons (Fsp3) is 0.500. The van der Waals surface area contributed by atoms with E-state index in [0.717, 1.165) is 12.0 Å². The Bertz CT molecular complexity index is 574. The molecule has 0 fully saturated rings. The van der Waals surface area contributed by atoms with Gasteiger partial charge in [-0.05, 0) is 44.7 Å². The van der Waals surface area contributed by atoms with Crippen molar-refractivity contribution in [2.24, 2.45) is 5.92 Å². The molecule has 1 heterocycles. The van der Waals surface area contributed by atoms with Gasteiger partial charge in [0.2, 0.25) is 0 Å². The van der Waals surface area contributed by atoms with Crippen LogP contribution in [0.25, 0.3) is 0 Å². The van der Waals surface area contributed by atoms with Crippen LogP contribution < -0.4 is 4.90 Å². The zero-order chi connectivity index (χ0) is 15.8. The third kappa shape index (κ3) is 3.35. The van der Waals surface area contributed by atoms with Crippen LogP contribution in [0.15, 0.2) is 18.2 Å². The summed E-state index contributed by atoms with van der Waals surface area (Å²) in [5.41, 5.74) is 0.873. The first-order chi connectivity index (χ1) is 9.69. The third-order valence-electron chi connectivity index (χ3n) is 3.30. The van der Waals surface area contributed by atoms with E-state index in [-0.39, 0.29) is 11.5 Å². The summed E-state index contributed by atoms with van der Waals surface area (Å²) >= 11 is 0. The van der Waals surface area contributed by atoms with Crippen molar-refractivity contribution in [2.75, 3.05) is 11.4 Å². The summed E-state index contributed by atoms with van der Waals surface area (Å²) in [5, 5.41) is 9.36. The number of carboxylic acids is 1. The minimum atomic E-state index is -1.03. The number of nitrogens with zero attached hydrogens (tertiary/aromatic N) is 1. The monoisotopic (exact) mass is 291 g/mol. The molecule has 1 amide bonds. The van der Waals surface area contributed by atoms with Gasteiger partial charge in [0.1, 0.15) is 5.60 Å². The van der Waals surface area contributed by atoms with E-state index >= 15 is 0 Å². The predicted octanol–water partition coefficient (Wildman–Crippen LogP) is 3.32. The Morgan fingerprint density at radius 3 is 2.57 bits per heavy atom. The van der Waals surface area contributed by atoms with Gasteiger partial charge in [0, 0.05) is 6.54 Å². The lowest BCUT2D eigenvalue weighted by Crippen LogP contribution is -2.43. The number of carbonyl (C=O) groups is 2. The molecule has 0 saturated carbocycles. The van der Waals surface area contributed by atoms with E-state index < -0.39 is 17.7 Å². The summed E-state index contributed by atoms with van der Waals surface area (Å²) in [6.45, 7) is 7.88. The van der Waals surface area contributed by atoms with E-state index in [2.05, 4.69) is 0 Å². The summed E-state index contributed by atoms with van der Waals surface area (Å²) in [4.78, 5) is 25.3. The largest absolute Gasteiger partial charge is 0.478 e. The number of amides is 1. The van der Waals surface area contributed by atoms with Gasteiger partial charge >= 0.3 is 12.1 Å². The molecular weight excluding hydrogens is 270 g/mol. The molecule has 1 N–H and O–H groups in total. The fourth-order valence-corrected chi connectivity index (χ4v) is 2.57. The SMILES string of the molecule is CC1Cc2cccc(C(=O)O)c2N(C(=O)OC(C)(C)C)C1. The Balaban J connectivity index is 2.46. The highest BCUT2D eigenvalue weighted by Gasteiger charge is 2.33. The van der Waals surface area contributed by atoms with Crippen LogP contribution in [0.4, 0.5) is 10.5 Å². The molecule has 1 atom stereocenters. The lowest BCUT2D eigenvalue weighted by molar-refractivity contribution is 0.0572. The highest BCUT2D eigenvalue weighted by Crippen LogP contribution is 2.34. The van der Waals surface area contributed by atoms with Crippen molar-refractivity contribution in [2.45, 2.75) is 39.7 Å². The summed E-state index contributed by atoms with van der Waals surface area (Å²) in [6, 6.07) is 5.11. The summed E-state index contributed by atoms with van der Waals surface area (Å²) in [5.74, 6) is -0.774. The van der Waals surface area contributed by atoms with Gasteiger partial charge in [0.25, 0.3) is 0 Å². The lowest BCUT2D eigenvalue weighted by atomic mass is 9.92. The quantitative estimate of drug-likeness (QED) is 0.862. The number of rotatable bonds is 1. The van der Waals surface area contributed by atoms with Crippen LogP contribution in [-0.2, 0) is 11.2 Å². The van der Waals surface area contributed by atoms with Crippen molar-refractivity contribution < 1.29 is 19.4 Å². The van der Waals surface area contributed by atoms with E-state index in [9.17, 15) is 14.7 Å². The molecular formula is C16H21NO4. The summed E-state index contributed by atoms with van der Waals surface area (Å²) in [7, 11) is 0. The first-order valence-electron chi connectivity index (χ1n) is 7.04.